The van der Waals surface area contributed by atoms with E-state index >= 15 is 0 Å². The maximum absolute atomic E-state index is 11.8. The first-order chi connectivity index (χ1) is 14.3. The number of hydrogen-bond acceptors (Lipinski definition) is 3. The maximum atomic E-state index is 11.8. The molecule has 1 N–H and O–H groups in total. The van der Waals surface area contributed by atoms with E-state index in [-0.39, 0.29) is 5.91 Å². The van der Waals surface area contributed by atoms with Gasteiger partial charge in [0.25, 0.3) is 0 Å². The molecule has 0 rings (SSSR count). The van der Waals surface area contributed by atoms with E-state index in [1.807, 2.05) is 6.26 Å². The summed E-state index contributed by atoms with van der Waals surface area (Å²) >= 11 is 1.44. The van der Waals surface area contributed by atoms with Crippen molar-refractivity contribution in [3.8, 4) is 0 Å². The first-order valence-corrected chi connectivity index (χ1v) is 13.9. The topological polar surface area (TPSA) is 38.3 Å². The van der Waals surface area contributed by atoms with Crippen LogP contribution in [0.4, 0.5) is 0 Å². The second kappa shape index (κ2) is 25.8. The minimum absolute atomic E-state index is 0.241. The zero-order valence-electron chi connectivity index (χ0n) is 19.8. The van der Waals surface area contributed by atoms with Gasteiger partial charge in [0, 0.05) is 19.2 Å². The quantitative estimate of drug-likeness (QED) is 0.124. The second-order valence-corrected chi connectivity index (χ2v) is 9.02. The van der Waals surface area contributed by atoms with Crippen LogP contribution in [0.15, 0.2) is 0 Å². The zero-order chi connectivity index (χ0) is 21.3. The van der Waals surface area contributed by atoms with Gasteiger partial charge in [-0.3, -0.25) is 4.79 Å². The van der Waals surface area contributed by atoms with Crippen molar-refractivity contribution in [2.75, 3.05) is 19.4 Å². The van der Waals surface area contributed by atoms with E-state index in [1.165, 1.54) is 115 Å². The van der Waals surface area contributed by atoms with Gasteiger partial charge in [-0.15, -0.1) is 0 Å². The molecule has 174 valence electrons. The number of unbranched alkanes of at least 4 members (excludes halogenated alkanes) is 17. The summed E-state index contributed by atoms with van der Waals surface area (Å²) in [4.78, 5) is 11.8. The molecule has 0 aromatic heterocycles. The Bertz CT molecular complexity index is 326. The lowest BCUT2D eigenvalue weighted by Crippen LogP contribution is -2.23. The van der Waals surface area contributed by atoms with Gasteiger partial charge >= 0.3 is 0 Å². The molecule has 0 fully saturated rings. The predicted octanol–water partition coefficient (Wildman–Crippen LogP) is 8.22. The van der Waals surface area contributed by atoms with Crippen molar-refractivity contribution in [1.29, 1.82) is 0 Å². The SMILES string of the molecule is CCCCCCCCCCCCCCCCCC(=O)NCCCCCCOSC. The molecule has 3 nitrogen and oxygen atoms in total. The number of amides is 1. The van der Waals surface area contributed by atoms with Crippen molar-refractivity contribution in [2.24, 2.45) is 0 Å². The highest BCUT2D eigenvalue weighted by Gasteiger charge is 2.00. The van der Waals surface area contributed by atoms with Crippen molar-refractivity contribution in [1.82, 2.24) is 5.32 Å². The highest BCUT2D eigenvalue weighted by Crippen LogP contribution is 2.13. The fourth-order valence-electron chi connectivity index (χ4n) is 3.70. The fourth-order valence-corrected chi connectivity index (χ4v) is 3.98. The Labute approximate surface area is 187 Å². The van der Waals surface area contributed by atoms with Crippen LogP contribution in [-0.2, 0) is 8.98 Å². The predicted molar refractivity (Wildman–Crippen MR) is 130 cm³/mol. The van der Waals surface area contributed by atoms with Crippen molar-refractivity contribution in [3.63, 3.8) is 0 Å². The first kappa shape index (κ1) is 28.8. The minimum atomic E-state index is 0.241. The molecule has 0 radical (unpaired) electrons. The number of hydrogen-bond donors (Lipinski definition) is 1. The zero-order valence-corrected chi connectivity index (χ0v) is 20.6. The molecule has 0 heterocycles. The van der Waals surface area contributed by atoms with Crippen LogP contribution < -0.4 is 5.32 Å². The normalized spacial score (nSPS) is 11.1. The van der Waals surface area contributed by atoms with Crippen LogP contribution in [0, 0.1) is 0 Å². The molecule has 0 atom stereocenters. The average molecular weight is 430 g/mol. The second-order valence-electron chi connectivity index (χ2n) is 8.45. The van der Waals surface area contributed by atoms with Crippen molar-refractivity contribution < 1.29 is 8.98 Å². The van der Waals surface area contributed by atoms with Gasteiger partial charge in [-0.05, 0) is 31.3 Å². The smallest absolute Gasteiger partial charge is 0.219 e. The summed E-state index contributed by atoms with van der Waals surface area (Å²) in [6.45, 7) is 3.96. The van der Waals surface area contributed by atoms with Gasteiger partial charge in [0.15, 0.2) is 0 Å². The Morgan fingerprint density at radius 2 is 1.10 bits per heavy atom. The molecule has 1 amide bonds. The molecular formula is C25H51NO2S. The van der Waals surface area contributed by atoms with Crippen LogP contribution in [0.2, 0.25) is 0 Å². The molecule has 0 aliphatic rings. The van der Waals surface area contributed by atoms with Gasteiger partial charge in [0.2, 0.25) is 5.91 Å². The summed E-state index contributed by atoms with van der Waals surface area (Å²) in [7, 11) is 0. The largest absolute Gasteiger partial charge is 0.356 e. The fraction of sp³-hybridized carbons (Fsp3) is 0.960. The molecule has 4 heteroatoms. The van der Waals surface area contributed by atoms with Gasteiger partial charge in [-0.1, -0.05) is 110 Å². The molecule has 0 aromatic carbocycles. The van der Waals surface area contributed by atoms with E-state index in [9.17, 15) is 4.79 Å². The Morgan fingerprint density at radius 1 is 0.655 bits per heavy atom. The van der Waals surface area contributed by atoms with Crippen LogP contribution in [-0.4, -0.2) is 25.3 Å². The Balaban J connectivity index is 3.12. The molecule has 0 aromatic rings. The molecule has 0 bridgehead atoms. The summed E-state index contributed by atoms with van der Waals surface area (Å²) in [5.74, 6) is 0.241. The molecule has 0 aliphatic heterocycles. The van der Waals surface area contributed by atoms with Gasteiger partial charge in [0.1, 0.15) is 0 Å². The number of rotatable bonds is 24. The highest BCUT2D eigenvalue weighted by molar-refractivity contribution is 7.93. The molecule has 0 spiro atoms. The number of carbonyl (C=O) groups is 1. The summed E-state index contributed by atoms with van der Waals surface area (Å²) in [5.41, 5.74) is 0. The van der Waals surface area contributed by atoms with E-state index in [4.69, 9.17) is 4.18 Å². The van der Waals surface area contributed by atoms with E-state index in [1.54, 1.807) is 0 Å². The maximum Gasteiger partial charge on any atom is 0.219 e. The van der Waals surface area contributed by atoms with Crippen LogP contribution in [0.3, 0.4) is 0 Å². The van der Waals surface area contributed by atoms with Crippen LogP contribution >= 0.6 is 12.0 Å². The lowest BCUT2D eigenvalue weighted by atomic mass is 10.0. The van der Waals surface area contributed by atoms with Gasteiger partial charge in [-0.25, -0.2) is 0 Å². The standard InChI is InChI=1S/C25H51NO2S/c1-3-4-5-6-7-8-9-10-11-12-13-14-15-16-19-22-25(27)26-23-20-17-18-21-24-28-29-2/h3-24H2,1-2H3,(H,26,27). The summed E-state index contributed by atoms with van der Waals surface area (Å²) in [6.07, 6.45) is 27.7. The molecular weight excluding hydrogens is 378 g/mol. The Hall–Kier alpha value is -0.220. The molecule has 0 saturated carbocycles. The molecule has 0 unspecified atom stereocenters. The van der Waals surface area contributed by atoms with Crippen LogP contribution in [0.5, 0.6) is 0 Å². The highest BCUT2D eigenvalue weighted by atomic mass is 32.2. The average Bonchev–Trinajstić information content (AvgIpc) is 2.72. The molecule has 0 saturated heterocycles. The first-order valence-electron chi connectivity index (χ1n) is 12.7. The van der Waals surface area contributed by atoms with E-state index in [2.05, 4.69) is 12.2 Å². The third-order valence-electron chi connectivity index (χ3n) is 5.60. The molecule has 29 heavy (non-hydrogen) atoms. The van der Waals surface area contributed by atoms with Gasteiger partial charge < -0.3 is 9.50 Å². The summed E-state index contributed by atoms with van der Waals surface area (Å²) in [5, 5.41) is 3.06. The van der Waals surface area contributed by atoms with Crippen molar-refractivity contribution >= 4 is 17.9 Å². The third kappa shape index (κ3) is 25.7. The lowest BCUT2D eigenvalue weighted by molar-refractivity contribution is -0.121. The van der Waals surface area contributed by atoms with E-state index in [0.29, 0.717) is 6.42 Å². The Morgan fingerprint density at radius 3 is 1.62 bits per heavy atom. The van der Waals surface area contributed by atoms with Gasteiger partial charge in [0.05, 0.1) is 6.61 Å². The lowest BCUT2D eigenvalue weighted by Gasteiger charge is -2.06. The van der Waals surface area contributed by atoms with Crippen molar-refractivity contribution in [2.45, 2.75) is 135 Å². The number of nitrogens with one attached hydrogen (secondary N) is 1. The van der Waals surface area contributed by atoms with Crippen LogP contribution in [0.1, 0.15) is 135 Å². The third-order valence-corrected chi connectivity index (χ3v) is 6.00. The summed E-state index contributed by atoms with van der Waals surface area (Å²) in [6, 6.07) is 0. The van der Waals surface area contributed by atoms with E-state index < -0.39 is 0 Å². The Kier molecular flexibility index (Phi) is 25.6. The minimum Gasteiger partial charge on any atom is -0.356 e. The monoisotopic (exact) mass is 429 g/mol. The molecule has 0 aliphatic carbocycles. The summed E-state index contributed by atoms with van der Waals surface area (Å²) < 4.78 is 5.24. The van der Waals surface area contributed by atoms with Crippen molar-refractivity contribution in [3.05, 3.63) is 0 Å². The van der Waals surface area contributed by atoms with Crippen LogP contribution in [0.25, 0.3) is 0 Å². The van der Waals surface area contributed by atoms with Gasteiger partial charge in [-0.2, -0.15) is 0 Å². The number of carbonyl (C=O) groups excluding carboxylic acids is 1. The van der Waals surface area contributed by atoms with E-state index in [0.717, 1.165) is 32.4 Å².